The molecule has 1 N–H and O–H groups in total. The summed E-state index contributed by atoms with van der Waals surface area (Å²) in [5, 5.41) is 2.99. The normalized spacial score (nSPS) is 22.4. The Morgan fingerprint density at radius 3 is 2.68 bits per heavy atom. The fourth-order valence-electron chi connectivity index (χ4n) is 3.61. The standard InChI is InChI=1S/C20H30N2O3/c23-20(21-12-14-24-18-10-6-1-2-7-11-18)22-13-15-25-19(16-22)17-8-4-3-5-9-17/h3-5,8-9,18-19H,1-2,6-7,10-16H2,(H,21,23). The van der Waals surface area contributed by atoms with Crippen LogP contribution in [0, 0.1) is 0 Å². The number of carbonyl (C=O) groups excluding carboxylic acids is 1. The summed E-state index contributed by atoms with van der Waals surface area (Å²) in [5.41, 5.74) is 1.12. The monoisotopic (exact) mass is 346 g/mol. The lowest BCUT2D eigenvalue weighted by atomic mass is 10.1. The van der Waals surface area contributed by atoms with Crippen molar-refractivity contribution in [1.29, 1.82) is 0 Å². The summed E-state index contributed by atoms with van der Waals surface area (Å²) in [7, 11) is 0. The second-order valence-electron chi connectivity index (χ2n) is 6.93. The molecule has 1 aliphatic heterocycles. The first-order valence-electron chi connectivity index (χ1n) is 9.64. The van der Waals surface area contributed by atoms with Gasteiger partial charge in [-0.1, -0.05) is 56.0 Å². The molecule has 0 bridgehead atoms. The maximum atomic E-state index is 12.4. The molecule has 5 heteroatoms. The molecule has 1 heterocycles. The molecule has 0 spiro atoms. The van der Waals surface area contributed by atoms with E-state index in [2.05, 4.69) is 5.32 Å². The van der Waals surface area contributed by atoms with Gasteiger partial charge in [-0.3, -0.25) is 0 Å². The Kier molecular flexibility index (Phi) is 7.12. The summed E-state index contributed by atoms with van der Waals surface area (Å²) in [6.07, 6.45) is 7.86. The van der Waals surface area contributed by atoms with E-state index in [1.807, 2.05) is 35.2 Å². The maximum Gasteiger partial charge on any atom is 0.317 e. The van der Waals surface area contributed by atoms with Crippen molar-refractivity contribution in [3.8, 4) is 0 Å². The third-order valence-electron chi connectivity index (χ3n) is 5.06. The van der Waals surface area contributed by atoms with Gasteiger partial charge in [0, 0.05) is 13.1 Å². The van der Waals surface area contributed by atoms with E-state index in [1.165, 1.54) is 25.7 Å². The van der Waals surface area contributed by atoms with Gasteiger partial charge < -0.3 is 19.7 Å². The van der Waals surface area contributed by atoms with E-state index in [0.29, 0.717) is 39.0 Å². The van der Waals surface area contributed by atoms with E-state index >= 15 is 0 Å². The third kappa shape index (κ3) is 5.72. The SMILES string of the molecule is O=C(NCCOC1CCCCCC1)N1CCOC(c2ccccc2)C1. The summed E-state index contributed by atoms with van der Waals surface area (Å²) < 4.78 is 11.7. The van der Waals surface area contributed by atoms with E-state index in [9.17, 15) is 4.79 Å². The number of nitrogens with zero attached hydrogens (tertiary/aromatic N) is 1. The molecule has 1 saturated carbocycles. The Morgan fingerprint density at radius 1 is 1.16 bits per heavy atom. The van der Waals surface area contributed by atoms with Gasteiger partial charge in [0.2, 0.25) is 0 Å². The second-order valence-corrected chi connectivity index (χ2v) is 6.93. The summed E-state index contributed by atoms with van der Waals surface area (Å²) in [6, 6.07) is 10.1. The summed E-state index contributed by atoms with van der Waals surface area (Å²) in [5.74, 6) is 0. The minimum absolute atomic E-state index is 0.0197. The second kappa shape index (κ2) is 9.78. The van der Waals surface area contributed by atoms with Crippen molar-refractivity contribution in [2.75, 3.05) is 32.8 Å². The molecule has 2 aliphatic rings. The van der Waals surface area contributed by atoms with Crippen LogP contribution in [0.4, 0.5) is 4.79 Å². The fourth-order valence-corrected chi connectivity index (χ4v) is 3.61. The lowest BCUT2D eigenvalue weighted by molar-refractivity contribution is -0.0159. The lowest BCUT2D eigenvalue weighted by Crippen LogP contribution is -2.47. The highest BCUT2D eigenvalue weighted by atomic mass is 16.5. The molecule has 2 fully saturated rings. The molecule has 1 aromatic carbocycles. The topological polar surface area (TPSA) is 50.8 Å². The first kappa shape index (κ1) is 18.2. The highest BCUT2D eigenvalue weighted by Crippen LogP contribution is 2.22. The molecule has 3 rings (SSSR count). The number of hydrogen-bond donors (Lipinski definition) is 1. The van der Waals surface area contributed by atoms with Gasteiger partial charge in [0.1, 0.15) is 6.10 Å². The zero-order valence-electron chi connectivity index (χ0n) is 15.0. The molecule has 138 valence electrons. The number of morpholine rings is 1. The van der Waals surface area contributed by atoms with Crippen LogP contribution < -0.4 is 5.32 Å². The van der Waals surface area contributed by atoms with Gasteiger partial charge in [0.25, 0.3) is 0 Å². The molecule has 1 saturated heterocycles. The number of amides is 2. The zero-order chi connectivity index (χ0) is 17.3. The van der Waals surface area contributed by atoms with Gasteiger partial charge in [0.15, 0.2) is 0 Å². The molecular formula is C20H30N2O3. The van der Waals surface area contributed by atoms with Crippen LogP contribution in [0.3, 0.4) is 0 Å². The van der Waals surface area contributed by atoms with Crippen LogP contribution in [0.5, 0.6) is 0 Å². The van der Waals surface area contributed by atoms with E-state index in [1.54, 1.807) is 0 Å². The number of nitrogens with one attached hydrogen (secondary N) is 1. The molecule has 0 aromatic heterocycles. The van der Waals surface area contributed by atoms with Crippen molar-refractivity contribution in [1.82, 2.24) is 10.2 Å². The van der Waals surface area contributed by atoms with Gasteiger partial charge in [-0.15, -0.1) is 0 Å². The van der Waals surface area contributed by atoms with Crippen LogP contribution >= 0.6 is 0 Å². The number of rotatable bonds is 5. The highest BCUT2D eigenvalue weighted by Gasteiger charge is 2.25. The summed E-state index contributed by atoms with van der Waals surface area (Å²) >= 11 is 0. The van der Waals surface area contributed by atoms with Gasteiger partial charge >= 0.3 is 6.03 Å². The molecule has 1 atom stereocenters. The number of benzene rings is 1. The van der Waals surface area contributed by atoms with Crippen LogP contribution in [-0.2, 0) is 9.47 Å². The Morgan fingerprint density at radius 2 is 1.92 bits per heavy atom. The van der Waals surface area contributed by atoms with Crippen LogP contribution in [-0.4, -0.2) is 49.9 Å². The Balaban J connectivity index is 1.37. The van der Waals surface area contributed by atoms with Crippen LogP contribution in [0.25, 0.3) is 0 Å². The van der Waals surface area contributed by atoms with Crippen LogP contribution in [0.1, 0.15) is 50.2 Å². The smallest absolute Gasteiger partial charge is 0.317 e. The molecule has 1 aliphatic carbocycles. The Labute approximate surface area is 150 Å². The van der Waals surface area contributed by atoms with E-state index in [4.69, 9.17) is 9.47 Å². The Hall–Kier alpha value is -1.59. The number of ether oxygens (including phenoxy) is 2. The predicted molar refractivity (Wildman–Crippen MR) is 97.5 cm³/mol. The highest BCUT2D eigenvalue weighted by molar-refractivity contribution is 5.74. The van der Waals surface area contributed by atoms with Crippen molar-refractivity contribution in [2.24, 2.45) is 0 Å². The minimum atomic E-state index is -0.0389. The average molecular weight is 346 g/mol. The Bertz CT molecular complexity index is 515. The molecule has 0 radical (unpaired) electrons. The van der Waals surface area contributed by atoms with E-state index in [-0.39, 0.29) is 12.1 Å². The molecule has 1 aromatic rings. The first-order chi connectivity index (χ1) is 12.3. The maximum absolute atomic E-state index is 12.4. The van der Waals surface area contributed by atoms with E-state index < -0.39 is 0 Å². The van der Waals surface area contributed by atoms with Gasteiger partial charge in [0.05, 0.1) is 25.9 Å². The van der Waals surface area contributed by atoms with Gasteiger partial charge in [-0.2, -0.15) is 0 Å². The molecule has 1 unspecified atom stereocenters. The first-order valence-corrected chi connectivity index (χ1v) is 9.64. The third-order valence-corrected chi connectivity index (χ3v) is 5.06. The van der Waals surface area contributed by atoms with Crippen LogP contribution in [0.15, 0.2) is 30.3 Å². The average Bonchev–Trinajstić information content (AvgIpc) is 2.95. The fraction of sp³-hybridized carbons (Fsp3) is 0.650. The van der Waals surface area contributed by atoms with Crippen molar-refractivity contribution >= 4 is 6.03 Å². The summed E-state index contributed by atoms with van der Waals surface area (Å²) in [4.78, 5) is 14.2. The van der Waals surface area contributed by atoms with Gasteiger partial charge in [-0.25, -0.2) is 4.79 Å². The molecular weight excluding hydrogens is 316 g/mol. The zero-order valence-corrected chi connectivity index (χ0v) is 15.0. The molecule has 2 amide bonds. The van der Waals surface area contributed by atoms with Crippen molar-refractivity contribution in [3.05, 3.63) is 35.9 Å². The minimum Gasteiger partial charge on any atom is -0.376 e. The van der Waals surface area contributed by atoms with Crippen molar-refractivity contribution in [3.63, 3.8) is 0 Å². The largest absolute Gasteiger partial charge is 0.376 e. The quantitative estimate of drug-likeness (QED) is 0.656. The lowest BCUT2D eigenvalue weighted by Gasteiger charge is -2.33. The van der Waals surface area contributed by atoms with Crippen molar-refractivity contribution in [2.45, 2.75) is 50.7 Å². The molecule has 5 nitrogen and oxygen atoms in total. The van der Waals surface area contributed by atoms with Crippen molar-refractivity contribution < 1.29 is 14.3 Å². The number of hydrogen-bond acceptors (Lipinski definition) is 3. The summed E-state index contributed by atoms with van der Waals surface area (Å²) in [6.45, 7) is 2.98. The number of urea groups is 1. The van der Waals surface area contributed by atoms with Crippen LogP contribution in [0.2, 0.25) is 0 Å². The number of carbonyl (C=O) groups is 1. The molecule has 25 heavy (non-hydrogen) atoms. The predicted octanol–water partition coefficient (Wildman–Crippen LogP) is 3.51. The van der Waals surface area contributed by atoms with Gasteiger partial charge in [-0.05, 0) is 18.4 Å². The van der Waals surface area contributed by atoms with E-state index in [0.717, 1.165) is 18.4 Å².